The van der Waals surface area contributed by atoms with Crippen molar-refractivity contribution in [3.8, 4) is 0 Å². The fourth-order valence-electron chi connectivity index (χ4n) is 14.8. The van der Waals surface area contributed by atoms with E-state index in [1.54, 1.807) is 0 Å². The number of carbonyl (C=O) groups excluding carboxylic acids is 1. The van der Waals surface area contributed by atoms with Crippen LogP contribution in [0.15, 0.2) is 0 Å². The first kappa shape index (κ1) is 91.2. The highest BCUT2D eigenvalue weighted by Crippen LogP contribution is 2.25. The predicted molar refractivity (Wildman–Crippen MR) is 406 cm³/mol. The summed E-state index contributed by atoms with van der Waals surface area (Å²) in [7, 11) is 0. The van der Waals surface area contributed by atoms with Crippen molar-refractivity contribution in [2.75, 3.05) is 13.2 Å². The third-order valence-electron chi connectivity index (χ3n) is 21.5. The summed E-state index contributed by atoms with van der Waals surface area (Å²) in [6, 6.07) is -0.717. The average Bonchev–Trinajstić information content (AvgIpc) is 0.829. The van der Waals surface area contributed by atoms with Crippen molar-refractivity contribution < 1.29 is 39.8 Å². The number of carbonyl (C=O) groups is 1. The van der Waals surface area contributed by atoms with Crippen LogP contribution in [0.25, 0.3) is 0 Å². The van der Waals surface area contributed by atoms with Crippen LogP contribution in [0.1, 0.15) is 483 Å². The van der Waals surface area contributed by atoms with Gasteiger partial charge in [-0.25, -0.2) is 0 Å². The van der Waals surface area contributed by atoms with Gasteiger partial charge in [0.05, 0.1) is 25.4 Å². The molecule has 1 rings (SSSR count). The number of rotatable bonds is 79. The molecule has 1 fully saturated rings. The van der Waals surface area contributed by atoms with E-state index < -0.39 is 49.5 Å². The summed E-state index contributed by atoms with van der Waals surface area (Å²) >= 11 is 0. The Bertz CT molecular complexity index is 1450. The van der Waals surface area contributed by atoms with Crippen LogP contribution in [0.4, 0.5) is 0 Å². The molecule has 0 aromatic carbocycles. The second kappa shape index (κ2) is 74.9. The van der Waals surface area contributed by atoms with Gasteiger partial charge in [0, 0.05) is 6.42 Å². The van der Waals surface area contributed by atoms with Gasteiger partial charge >= 0.3 is 0 Å². The maximum Gasteiger partial charge on any atom is 0.220 e. The van der Waals surface area contributed by atoms with Gasteiger partial charge in [0.2, 0.25) is 5.91 Å². The normalized spacial score (nSPS) is 17.4. The summed E-state index contributed by atoms with van der Waals surface area (Å²) < 4.78 is 11.4. The van der Waals surface area contributed by atoms with Gasteiger partial charge < -0.3 is 40.3 Å². The highest BCUT2D eigenvalue weighted by Gasteiger charge is 2.44. The maximum absolute atomic E-state index is 13.2. The topological polar surface area (TPSA) is 149 Å². The molecule has 94 heavy (non-hydrogen) atoms. The van der Waals surface area contributed by atoms with E-state index >= 15 is 0 Å². The number of aliphatic hydroxyl groups excluding tert-OH is 5. The molecule has 9 heteroatoms. The monoisotopic (exact) mass is 1330 g/mol. The third kappa shape index (κ3) is 62.2. The van der Waals surface area contributed by atoms with E-state index in [1.807, 2.05) is 0 Å². The molecule has 0 aliphatic carbocycles. The first-order chi connectivity index (χ1) is 46.3. The van der Waals surface area contributed by atoms with Gasteiger partial charge in [-0.2, -0.15) is 0 Å². The standard InChI is InChI=1S/C85H169NO8/c1-3-5-7-9-11-13-15-17-19-21-23-25-27-29-31-33-35-37-38-39-40-41-42-43-45-47-49-51-53-55-57-59-61-63-65-67-69-71-73-75-81(89)86-78(77-93-85-84(92)83(91)82(90)80(76-87)94-85)79(88)74-72-70-68-66-64-62-60-58-56-54-52-50-48-46-44-36-34-32-30-28-26-24-22-20-18-16-14-12-10-8-6-4-2/h78-80,82-85,87-88,90-92H,3-77H2,1-2H3,(H,86,89). The second-order valence-electron chi connectivity index (χ2n) is 30.7. The summed E-state index contributed by atoms with van der Waals surface area (Å²) in [5.41, 5.74) is 0. The number of unbranched alkanes of at least 4 members (excludes halogenated alkanes) is 69. The van der Waals surface area contributed by atoms with Crippen LogP contribution >= 0.6 is 0 Å². The molecular weight excluding hydrogens is 1160 g/mol. The minimum Gasteiger partial charge on any atom is -0.394 e. The Labute approximate surface area is 586 Å². The molecule has 7 unspecified atom stereocenters. The van der Waals surface area contributed by atoms with Crippen molar-refractivity contribution in [2.45, 2.75) is 525 Å². The van der Waals surface area contributed by atoms with Gasteiger partial charge in [-0.1, -0.05) is 463 Å². The van der Waals surface area contributed by atoms with Crippen molar-refractivity contribution in [1.29, 1.82) is 0 Å². The smallest absolute Gasteiger partial charge is 0.220 e. The van der Waals surface area contributed by atoms with Crippen molar-refractivity contribution in [1.82, 2.24) is 5.32 Å². The number of aliphatic hydroxyl groups is 5. The van der Waals surface area contributed by atoms with Crippen molar-refractivity contribution in [3.05, 3.63) is 0 Å². The average molecular weight is 1330 g/mol. The Morgan fingerprint density at radius 2 is 0.532 bits per heavy atom. The van der Waals surface area contributed by atoms with E-state index in [1.165, 1.54) is 417 Å². The number of nitrogens with one attached hydrogen (secondary N) is 1. The van der Waals surface area contributed by atoms with E-state index in [-0.39, 0.29) is 12.5 Å². The van der Waals surface area contributed by atoms with Crippen LogP contribution in [-0.4, -0.2) is 87.5 Å². The van der Waals surface area contributed by atoms with E-state index in [2.05, 4.69) is 19.2 Å². The van der Waals surface area contributed by atoms with Gasteiger partial charge in [-0.15, -0.1) is 0 Å². The quantitative estimate of drug-likeness (QED) is 0.0330. The molecule has 6 N–H and O–H groups in total. The van der Waals surface area contributed by atoms with Crippen molar-refractivity contribution in [3.63, 3.8) is 0 Å². The van der Waals surface area contributed by atoms with Gasteiger partial charge in [-0.05, 0) is 12.8 Å². The fraction of sp³-hybridized carbons (Fsp3) is 0.988. The predicted octanol–water partition coefficient (Wildman–Crippen LogP) is 25.2. The molecule has 9 nitrogen and oxygen atoms in total. The molecular formula is C85H169NO8. The van der Waals surface area contributed by atoms with Crippen molar-refractivity contribution >= 4 is 5.91 Å². The van der Waals surface area contributed by atoms with E-state index in [9.17, 15) is 30.3 Å². The first-order valence-corrected chi connectivity index (χ1v) is 43.2. The van der Waals surface area contributed by atoms with Gasteiger partial charge in [0.1, 0.15) is 24.4 Å². The van der Waals surface area contributed by atoms with Crippen LogP contribution < -0.4 is 5.32 Å². The zero-order chi connectivity index (χ0) is 67.8. The molecule has 0 saturated carbocycles. The first-order valence-electron chi connectivity index (χ1n) is 43.2. The van der Waals surface area contributed by atoms with Crippen LogP contribution in [0.3, 0.4) is 0 Å². The Morgan fingerprint density at radius 1 is 0.319 bits per heavy atom. The summed E-state index contributed by atoms with van der Waals surface area (Å²) in [5.74, 6) is -0.131. The molecule has 0 bridgehead atoms. The van der Waals surface area contributed by atoms with E-state index in [4.69, 9.17) is 9.47 Å². The van der Waals surface area contributed by atoms with Gasteiger partial charge in [0.15, 0.2) is 6.29 Å². The Morgan fingerprint density at radius 3 is 0.755 bits per heavy atom. The molecule has 0 aromatic heterocycles. The number of hydrogen-bond donors (Lipinski definition) is 6. The van der Waals surface area contributed by atoms with Crippen LogP contribution in [-0.2, 0) is 14.3 Å². The molecule has 1 aliphatic rings. The Kier molecular flexibility index (Phi) is 72.6. The van der Waals surface area contributed by atoms with Crippen LogP contribution in [0.2, 0.25) is 0 Å². The molecule has 1 amide bonds. The summed E-state index contributed by atoms with van der Waals surface area (Å²) in [6.07, 6.45) is 91.1. The molecule has 7 atom stereocenters. The lowest BCUT2D eigenvalue weighted by Crippen LogP contribution is -2.60. The van der Waals surface area contributed by atoms with E-state index in [0.717, 1.165) is 38.5 Å². The van der Waals surface area contributed by atoms with Crippen LogP contribution in [0, 0.1) is 0 Å². The lowest BCUT2D eigenvalue weighted by atomic mass is 9.99. The minimum atomic E-state index is -1.55. The van der Waals surface area contributed by atoms with Gasteiger partial charge in [-0.3, -0.25) is 4.79 Å². The van der Waals surface area contributed by atoms with E-state index in [0.29, 0.717) is 12.8 Å². The third-order valence-corrected chi connectivity index (χ3v) is 21.5. The van der Waals surface area contributed by atoms with Crippen LogP contribution in [0.5, 0.6) is 0 Å². The molecule has 1 aliphatic heterocycles. The summed E-state index contributed by atoms with van der Waals surface area (Å²) in [4.78, 5) is 13.2. The lowest BCUT2D eigenvalue weighted by molar-refractivity contribution is -0.302. The lowest BCUT2D eigenvalue weighted by Gasteiger charge is -2.40. The molecule has 1 heterocycles. The highest BCUT2D eigenvalue weighted by atomic mass is 16.7. The largest absolute Gasteiger partial charge is 0.394 e. The minimum absolute atomic E-state index is 0.130. The number of hydrogen-bond acceptors (Lipinski definition) is 8. The zero-order valence-corrected chi connectivity index (χ0v) is 63.5. The van der Waals surface area contributed by atoms with Gasteiger partial charge in [0.25, 0.3) is 0 Å². The fourth-order valence-corrected chi connectivity index (χ4v) is 14.8. The Hall–Kier alpha value is -0.810. The highest BCUT2D eigenvalue weighted by molar-refractivity contribution is 5.76. The molecule has 0 spiro atoms. The zero-order valence-electron chi connectivity index (χ0n) is 63.5. The maximum atomic E-state index is 13.2. The summed E-state index contributed by atoms with van der Waals surface area (Å²) in [6.45, 7) is 3.93. The SMILES string of the molecule is CCCCCCCCCCCCCCCCCCCCCCCCCCCCCCCCCCCCCCCCCC(=O)NC(COC1OC(CO)C(O)C(O)C1O)C(O)CCCCCCCCCCCCCCCCCCCCCCCCCCCCCCCCCC. The second-order valence-corrected chi connectivity index (χ2v) is 30.7. The molecule has 0 aromatic rings. The Balaban J connectivity index is 2.00. The number of amides is 1. The van der Waals surface area contributed by atoms with Crippen molar-refractivity contribution in [2.24, 2.45) is 0 Å². The number of ether oxygens (including phenoxy) is 2. The molecule has 0 radical (unpaired) electrons. The molecule has 1 saturated heterocycles. The summed E-state index contributed by atoms with van der Waals surface area (Å²) in [5, 5.41) is 55.2. The molecule has 562 valence electrons.